The Hall–Kier alpha value is -6.06. The van der Waals surface area contributed by atoms with E-state index >= 15 is 0 Å². The van der Waals surface area contributed by atoms with Gasteiger partial charge in [-0.05, 0) is 73.9 Å². The molecule has 16 nitrogen and oxygen atoms in total. The van der Waals surface area contributed by atoms with Gasteiger partial charge in [0, 0.05) is 24.2 Å². The lowest BCUT2D eigenvalue weighted by molar-refractivity contribution is -0.136. The Kier molecular flexibility index (Phi) is 11.9. The Balaban J connectivity index is 1.03. The molecule has 0 spiro atoms. The normalized spacial score (nSPS) is 19.1. The molecule has 58 heavy (non-hydrogen) atoms. The lowest BCUT2D eigenvalue weighted by Gasteiger charge is -2.31. The number of hydrogen-bond donors (Lipinski definition) is 4. The molecule has 2 aromatic carbocycles. The summed E-state index contributed by atoms with van der Waals surface area (Å²) in [6.07, 6.45) is 6.92. The minimum Gasteiger partial charge on any atom is -0.453 e. The van der Waals surface area contributed by atoms with Crippen LogP contribution in [-0.4, -0.2) is 93.1 Å². The van der Waals surface area contributed by atoms with Crippen molar-refractivity contribution < 1.29 is 38.1 Å². The fourth-order valence-electron chi connectivity index (χ4n) is 7.98. The van der Waals surface area contributed by atoms with Gasteiger partial charge in [0.2, 0.25) is 11.8 Å². The number of methoxy groups -OCH3 is 2. The van der Waals surface area contributed by atoms with Gasteiger partial charge in [0.25, 0.3) is 0 Å². The number of H-pyrrole nitrogens is 2. The molecule has 5 heterocycles. The number of likely N-dealkylation sites (tertiary alicyclic amines) is 2. The number of aromatic nitrogens is 4. The summed E-state index contributed by atoms with van der Waals surface area (Å²) < 4.78 is 22.2. The molecular formula is C42H52N8O8. The Bertz CT molecular complexity index is 2000. The van der Waals surface area contributed by atoms with Gasteiger partial charge in [-0.1, -0.05) is 40.5 Å². The number of nitrogens with zero attached hydrogens (tertiary/aromatic N) is 4. The van der Waals surface area contributed by atoms with Crippen LogP contribution in [0.4, 0.5) is 9.59 Å². The minimum atomic E-state index is -0.694. The monoisotopic (exact) mass is 796 g/mol. The fourth-order valence-corrected chi connectivity index (χ4v) is 7.98. The summed E-state index contributed by atoms with van der Waals surface area (Å²) in [5, 5.41) is 5.48. The summed E-state index contributed by atoms with van der Waals surface area (Å²) in [5.41, 5.74) is 3.20. The number of carbonyl (C=O) groups is 4. The molecule has 3 aliphatic rings. The Labute approximate surface area is 337 Å². The zero-order valence-corrected chi connectivity index (χ0v) is 33.8. The largest absolute Gasteiger partial charge is 0.453 e. The van der Waals surface area contributed by atoms with E-state index in [1.54, 1.807) is 12.4 Å². The molecule has 4 amide bonds. The molecule has 2 saturated heterocycles. The summed E-state index contributed by atoms with van der Waals surface area (Å²) >= 11 is 0. The molecule has 4 aromatic rings. The first kappa shape index (κ1) is 40.1. The van der Waals surface area contributed by atoms with Crippen molar-refractivity contribution in [1.82, 2.24) is 40.4 Å². The first-order valence-electron chi connectivity index (χ1n) is 20.1. The second-order valence-electron chi connectivity index (χ2n) is 15.3. The molecule has 2 fully saturated rings. The number of benzene rings is 2. The molecule has 7 rings (SSSR count). The van der Waals surface area contributed by atoms with E-state index in [-0.39, 0.29) is 35.7 Å². The number of hydrogen-bond acceptors (Lipinski definition) is 10. The number of imidazole rings is 2. The van der Waals surface area contributed by atoms with E-state index in [2.05, 4.69) is 30.6 Å². The third-order valence-corrected chi connectivity index (χ3v) is 11.7. The van der Waals surface area contributed by atoms with Crippen LogP contribution >= 0.6 is 0 Å². The quantitative estimate of drug-likeness (QED) is 0.100. The van der Waals surface area contributed by atoms with E-state index in [1.165, 1.54) is 14.2 Å². The number of fused-ring (bicyclic) bond motifs is 2. The van der Waals surface area contributed by atoms with Crippen LogP contribution in [0, 0.1) is 11.8 Å². The van der Waals surface area contributed by atoms with Gasteiger partial charge in [0.05, 0.1) is 50.1 Å². The molecule has 6 atom stereocenters. The number of aromatic amines is 2. The summed E-state index contributed by atoms with van der Waals surface area (Å²) in [5.74, 6) is 2.97. The van der Waals surface area contributed by atoms with Crippen molar-refractivity contribution in [3.05, 3.63) is 60.2 Å². The van der Waals surface area contributed by atoms with Crippen LogP contribution in [0.15, 0.2) is 48.8 Å². The predicted molar refractivity (Wildman–Crippen MR) is 213 cm³/mol. The topological polar surface area (TPSA) is 193 Å². The summed E-state index contributed by atoms with van der Waals surface area (Å²) in [7, 11) is 2.58. The van der Waals surface area contributed by atoms with E-state index in [0.717, 1.165) is 61.0 Å². The third-order valence-electron chi connectivity index (χ3n) is 11.7. The zero-order chi connectivity index (χ0) is 41.1. The lowest BCUT2D eigenvalue weighted by atomic mass is 9.97. The number of ether oxygens (including phenoxy) is 4. The number of nitrogens with one attached hydrogen (secondary N) is 4. The zero-order valence-electron chi connectivity index (χ0n) is 33.8. The van der Waals surface area contributed by atoms with Gasteiger partial charge in [0.1, 0.15) is 23.7 Å². The Morgan fingerprint density at radius 1 is 0.707 bits per heavy atom. The molecule has 3 aliphatic heterocycles. The first-order chi connectivity index (χ1) is 28.0. The minimum absolute atomic E-state index is 0.0723. The molecule has 2 aromatic heterocycles. The maximum absolute atomic E-state index is 13.8. The van der Waals surface area contributed by atoms with Crippen LogP contribution in [0.2, 0.25) is 0 Å². The van der Waals surface area contributed by atoms with Gasteiger partial charge in [-0.15, -0.1) is 0 Å². The van der Waals surface area contributed by atoms with Crippen LogP contribution in [0.5, 0.6) is 23.0 Å². The van der Waals surface area contributed by atoms with E-state index in [1.807, 2.05) is 73.9 Å². The molecule has 16 heteroatoms. The second kappa shape index (κ2) is 17.2. The van der Waals surface area contributed by atoms with Crippen LogP contribution in [0.3, 0.4) is 0 Å². The van der Waals surface area contributed by atoms with E-state index < -0.39 is 24.3 Å². The van der Waals surface area contributed by atoms with Crippen molar-refractivity contribution in [2.75, 3.05) is 27.3 Å². The van der Waals surface area contributed by atoms with Crippen molar-refractivity contribution >= 4 is 24.0 Å². The molecule has 308 valence electrons. The molecule has 0 aliphatic carbocycles. The summed E-state index contributed by atoms with van der Waals surface area (Å²) in [4.78, 5) is 71.5. The Morgan fingerprint density at radius 3 is 1.50 bits per heavy atom. The first-order valence-corrected chi connectivity index (χ1v) is 20.1. The highest BCUT2D eigenvalue weighted by molar-refractivity contribution is 5.87. The second-order valence-corrected chi connectivity index (χ2v) is 15.3. The third kappa shape index (κ3) is 8.04. The summed E-state index contributed by atoms with van der Waals surface area (Å²) in [6, 6.07) is 9.40. The van der Waals surface area contributed by atoms with Crippen molar-refractivity contribution in [3.8, 4) is 45.8 Å². The highest BCUT2D eigenvalue weighted by Crippen LogP contribution is 2.48. The maximum Gasteiger partial charge on any atom is 0.407 e. The standard InChI is InChI=1S/C42H52N8O8/c1-7-23(3)35(47-41(53)55-5)39(51)49-17-9-11-29(49)27-21-43-37(45-27)25-13-15-31-33(19-25)57-32-16-14-26(20-34(32)58-31)38-44-22-28(46-38)30-12-10-18-50(30)40(52)36(24(4)8-2)48-42(54)56-6/h13-16,19-24,29-30,35-36H,7-12,17-18H2,1-6H3,(H,43,45)(H,44,46)(H,47,53)(H,48,54)/t23-,24-,29-,30-,35-,36?/m0/s1. The van der Waals surface area contributed by atoms with Gasteiger partial charge >= 0.3 is 12.2 Å². The molecule has 0 saturated carbocycles. The van der Waals surface area contributed by atoms with Crippen LogP contribution < -0.4 is 20.1 Å². The van der Waals surface area contributed by atoms with Gasteiger partial charge in [-0.2, -0.15) is 0 Å². The molecule has 0 bridgehead atoms. The van der Waals surface area contributed by atoms with Gasteiger partial charge in [0.15, 0.2) is 23.0 Å². The smallest absolute Gasteiger partial charge is 0.407 e. The number of amides is 4. The highest BCUT2D eigenvalue weighted by Gasteiger charge is 2.39. The molecule has 4 N–H and O–H groups in total. The van der Waals surface area contributed by atoms with Crippen molar-refractivity contribution in [2.24, 2.45) is 11.8 Å². The molecule has 0 radical (unpaired) electrons. The van der Waals surface area contributed by atoms with Crippen molar-refractivity contribution in [2.45, 2.75) is 90.4 Å². The van der Waals surface area contributed by atoms with E-state index in [4.69, 9.17) is 18.9 Å². The molecular weight excluding hydrogens is 745 g/mol. The lowest BCUT2D eigenvalue weighted by Crippen LogP contribution is -2.51. The maximum atomic E-state index is 13.8. The van der Waals surface area contributed by atoms with Crippen LogP contribution in [-0.2, 0) is 19.1 Å². The van der Waals surface area contributed by atoms with Crippen LogP contribution in [0.1, 0.15) is 89.7 Å². The Morgan fingerprint density at radius 2 is 1.12 bits per heavy atom. The number of alkyl carbamates (subject to hydrolysis) is 2. The number of rotatable bonds is 12. The van der Waals surface area contributed by atoms with Crippen molar-refractivity contribution in [3.63, 3.8) is 0 Å². The van der Waals surface area contributed by atoms with Crippen LogP contribution in [0.25, 0.3) is 22.8 Å². The SMILES string of the molecule is CC[C@H](C)C(NC(=O)OC)C(=O)N1CCC[C@H]1c1cnc(-c2ccc3c(c2)Oc2ccc(-c4ncc([C@@H]5CCCN5C(=O)[C@@H](NC(=O)OC)[C@@H](C)CC)[nH]4)cc2O3)[nH]1. The predicted octanol–water partition coefficient (Wildman–Crippen LogP) is 7.23. The van der Waals surface area contributed by atoms with Crippen molar-refractivity contribution in [1.29, 1.82) is 0 Å². The highest BCUT2D eigenvalue weighted by atomic mass is 16.6. The van der Waals surface area contributed by atoms with Gasteiger partial charge in [-0.25, -0.2) is 19.6 Å². The fraction of sp³-hybridized carbons (Fsp3) is 0.476. The van der Waals surface area contributed by atoms with E-state index in [9.17, 15) is 19.2 Å². The number of carbonyl (C=O) groups excluding carboxylic acids is 4. The van der Waals surface area contributed by atoms with Gasteiger partial charge < -0.3 is 49.3 Å². The average molecular weight is 797 g/mol. The van der Waals surface area contributed by atoms with E-state index in [0.29, 0.717) is 47.7 Å². The molecule has 1 unspecified atom stereocenters. The average Bonchev–Trinajstić information content (AvgIpc) is 4.09. The summed E-state index contributed by atoms with van der Waals surface area (Å²) in [6.45, 7) is 9.03. The van der Waals surface area contributed by atoms with Gasteiger partial charge in [-0.3, -0.25) is 9.59 Å².